The number of nitrogens with two attached hydrogens (primary N) is 1. The van der Waals surface area contributed by atoms with Gasteiger partial charge in [-0.05, 0) is 40.2 Å². The number of benzene rings is 2. The molecule has 0 aliphatic heterocycles. The van der Waals surface area contributed by atoms with Gasteiger partial charge in [-0.15, -0.1) is 0 Å². The third-order valence-electron chi connectivity index (χ3n) is 2.99. The Morgan fingerprint density at radius 1 is 1.19 bits per heavy atom. The topological polar surface area (TPSA) is 61.5 Å². The molecule has 0 fully saturated rings. The number of anilines is 1. The van der Waals surface area contributed by atoms with Crippen LogP contribution in [-0.4, -0.2) is 20.0 Å². The fraction of sp³-hybridized carbons (Fsp3) is 0.133. The number of ether oxygens (including phenoxy) is 2. The summed E-state index contributed by atoms with van der Waals surface area (Å²) >= 11 is 9.44. The Hall–Kier alpha value is -1.72. The highest BCUT2D eigenvalue weighted by molar-refractivity contribution is 9.10. The lowest BCUT2D eigenvalue weighted by Gasteiger charge is -2.13. The second kappa shape index (κ2) is 6.37. The molecule has 6 heteroatoms. The zero-order valence-electron chi connectivity index (χ0n) is 11.4. The van der Waals surface area contributed by atoms with Gasteiger partial charge in [0.15, 0.2) is 17.3 Å². The van der Waals surface area contributed by atoms with Crippen molar-refractivity contribution >= 4 is 39.0 Å². The molecule has 0 aliphatic rings. The normalized spacial score (nSPS) is 10.3. The number of halogens is 2. The first-order chi connectivity index (χ1) is 9.99. The summed E-state index contributed by atoms with van der Waals surface area (Å²) in [6.07, 6.45) is 0. The van der Waals surface area contributed by atoms with E-state index in [9.17, 15) is 4.79 Å². The van der Waals surface area contributed by atoms with Crippen molar-refractivity contribution in [1.29, 1.82) is 0 Å². The third-order valence-corrected chi connectivity index (χ3v) is 3.96. The number of carbonyl (C=O) groups is 1. The first kappa shape index (κ1) is 15.7. The molecule has 0 heterocycles. The number of rotatable bonds is 4. The summed E-state index contributed by atoms with van der Waals surface area (Å²) < 4.78 is 11.0. The summed E-state index contributed by atoms with van der Waals surface area (Å²) in [5.74, 6) is 0.689. The maximum absolute atomic E-state index is 12.7. The minimum Gasteiger partial charge on any atom is -0.493 e. The van der Waals surface area contributed by atoms with Crippen LogP contribution in [-0.2, 0) is 0 Å². The van der Waals surface area contributed by atoms with E-state index in [0.29, 0.717) is 32.2 Å². The smallest absolute Gasteiger partial charge is 0.197 e. The van der Waals surface area contributed by atoms with Gasteiger partial charge in [0.2, 0.25) is 0 Å². The summed E-state index contributed by atoms with van der Waals surface area (Å²) in [5, 5.41) is 0.307. The fourth-order valence-corrected chi connectivity index (χ4v) is 2.71. The zero-order valence-corrected chi connectivity index (χ0v) is 13.8. The number of nitrogen functional groups attached to an aromatic ring is 1. The highest BCUT2D eigenvalue weighted by Crippen LogP contribution is 2.36. The molecule has 2 aromatic rings. The first-order valence-corrected chi connectivity index (χ1v) is 7.17. The highest BCUT2D eigenvalue weighted by Gasteiger charge is 2.21. The molecule has 0 spiro atoms. The van der Waals surface area contributed by atoms with Crippen LogP contribution in [0, 0.1) is 0 Å². The third kappa shape index (κ3) is 2.99. The molecule has 0 saturated carbocycles. The number of hydrogen-bond donors (Lipinski definition) is 1. The van der Waals surface area contributed by atoms with E-state index in [1.807, 2.05) is 0 Å². The molecule has 110 valence electrons. The van der Waals surface area contributed by atoms with Crippen LogP contribution < -0.4 is 15.2 Å². The van der Waals surface area contributed by atoms with Crippen molar-refractivity contribution in [2.45, 2.75) is 0 Å². The molecule has 21 heavy (non-hydrogen) atoms. The van der Waals surface area contributed by atoms with E-state index in [4.69, 9.17) is 26.8 Å². The largest absolute Gasteiger partial charge is 0.493 e. The molecule has 4 nitrogen and oxygen atoms in total. The Bertz CT molecular complexity index is 683. The lowest BCUT2D eigenvalue weighted by molar-refractivity contribution is 0.103. The van der Waals surface area contributed by atoms with Crippen LogP contribution in [0.5, 0.6) is 11.5 Å². The quantitative estimate of drug-likeness (QED) is 0.654. The summed E-state index contributed by atoms with van der Waals surface area (Å²) in [5.41, 5.74) is 6.85. The zero-order chi connectivity index (χ0) is 15.6. The molecular formula is C15H13BrClNO3. The molecule has 0 atom stereocenters. The summed E-state index contributed by atoms with van der Waals surface area (Å²) in [4.78, 5) is 12.7. The average Bonchev–Trinajstić information content (AvgIpc) is 2.46. The van der Waals surface area contributed by atoms with Crippen LogP contribution >= 0.6 is 27.5 Å². The van der Waals surface area contributed by atoms with Gasteiger partial charge < -0.3 is 15.2 Å². The van der Waals surface area contributed by atoms with Crippen LogP contribution in [0.1, 0.15) is 15.9 Å². The Balaban J connectivity index is 2.59. The maximum Gasteiger partial charge on any atom is 0.197 e. The summed E-state index contributed by atoms with van der Waals surface area (Å²) in [6.45, 7) is 0. The summed E-state index contributed by atoms with van der Waals surface area (Å²) in [7, 11) is 3.03. The van der Waals surface area contributed by atoms with Crippen LogP contribution in [0.15, 0.2) is 34.8 Å². The minimum absolute atomic E-state index is 0.270. The molecule has 0 bridgehead atoms. The van der Waals surface area contributed by atoms with Crippen molar-refractivity contribution < 1.29 is 14.3 Å². The van der Waals surface area contributed by atoms with E-state index in [2.05, 4.69) is 15.9 Å². The lowest BCUT2D eigenvalue weighted by Crippen LogP contribution is -2.08. The molecular weight excluding hydrogens is 358 g/mol. The highest BCUT2D eigenvalue weighted by atomic mass is 79.9. The van der Waals surface area contributed by atoms with Crippen molar-refractivity contribution in [3.05, 3.63) is 51.0 Å². The van der Waals surface area contributed by atoms with Gasteiger partial charge in [0, 0.05) is 15.7 Å². The number of carbonyl (C=O) groups excluding carboxylic acids is 1. The molecule has 0 saturated heterocycles. The van der Waals surface area contributed by atoms with Gasteiger partial charge in [-0.3, -0.25) is 4.79 Å². The molecule has 0 unspecified atom stereocenters. The second-order valence-electron chi connectivity index (χ2n) is 4.22. The first-order valence-electron chi connectivity index (χ1n) is 5.99. The Kier molecular flexibility index (Phi) is 4.75. The van der Waals surface area contributed by atoms with Gasteiger partial charge in [-0.25, -0.2) is 0 Å². The van der Waals surface area contributed by atoms with Gasteiger partial charge in [-0.1, -0.05) is 17.7 Å². The van der Waals surface area contributed by atoms with E-state index in [0.717, 1.165) is 0 Å². The molecule has 2 rings (SSSR count). The van der Waals surface area contributed by atoms with Crippen molar-refractivity contribution in [3.63, 3.8) is 0 Å². The fourth-order valence-electron chi connectivity index (χ4n) is 1.94. The summed E-state index contributed by atoms with van der Waals surface area (Å²) in [6, 6.07) is 8.21. The van der Waals surface area contributed by atoms with E-state index >= 15 is 0 Å². The minimum atomic E-state index is -0.286. The van der Waals surface area contributed by atoms with Crippen molar-refractivity contribution in [2.75, 3.05) is 20.0 Å². The van der Waals surface area contributed by atoms with Crippen molar-refractivity contribution in [1.82, 2.24) is 0 Å². The molecule has 2 N–H and O–H groups in total. The molecule has 0 amide bonds. The SMILES string of the molecule is COc1cc(Br)c(C(=O)c2c(N)cccc2Cl)cc1OC. The van der Waals surface area contributed by atoms with E-state index in [1.54, 1.807) is 30.3 Å². The van der Waals surface area contributed by atoms with E-state index in [-0.39, 0.29) is 11.3 Å². The van der Waals surface area contributed by atoms with Gasteiger partial charge in [0.1, 0.15) is 0 Å². The van der Waals surface area contributed by atoms with E-state index in [1.165, 1.54) is 14.2 Å². The Morgan fingerprint density at radius 3 is 2.38 bits per heavy atom. The van der Waals surface area contributed by atoms with Crippen LogP contribution in [0.4, 0.5) is 5.69 Å². The van der Waals surface area contributed by atoms with Crippen LogP contribution in [0.2, 0.25) is 5.02 Å². The monoisotopic (exact) mass is 369 g/mol. The van der Waals surface area contributed by atoms with E-state index < -0.39 is 0 Å². The predicted octanol–water partition coefficient (Wildman–Crippen LogP) is 3.93. The lowest BCUT2D eigenvalue weighted by atomic mass is 10.0. The van der Waals surface area contributed by atoms with Crippen LogP contribution in [0.3, 0.4) is 0 Å². The van der Waals surface area contributed by atoms with Crippen molar-refractivity contribution in [2.24, 2.45) is 0 Å². The number of ketones is 1. The van der Waals surface area contributed by atoms with Gasteiger partial charge in [0.25, 0.3) is 0 Å². The standard InChI is InChI=1S/C15H13BrClNO3/c1-20-12-6-8(9(16)7-13(12)21-2)15(19)14-10(17)4-3-5-11(14)18/h3-7H,18H2,1-2H3. The van der Waals surface area contributed by atoms with Gasteiger partial charge in [-0.2, -0.15) is 0 Å². The van der Waals surface area contributed by atoms with Crippen molar-refractivity contribution in [3.8, 4) is 11.5 Å². The molecule has 0 aromatic heterocycles. The molecule has 2 aromatic carbocycles. The number of methoxy groups -OCH3 is 2. The molecule has 0 radical (unpaired) electrons. The average molecular weight is 371 g/mol. The molecule has 0 aliphatic carbocycles. The second-order valence-corrected chi connectivity index (χ2v) is 5.48. The maximum atomic E-state index is 12.7. The Labute approximate surface area is 135 Å². The van der Waals surface area contributed by atoms with Gasteiger partial charge >= 0.3 is 0 Å². The number of hydrogen-bond acceptors (Lipinski definition) is 4. The Morgan fingerprint density at radius 2 is 1.81 bits per heavy atom. The van der Waals surface area contributed by atoms with Crippen LogP contribution in [0.25, 0.3) is 0 Å². The predicted molar refractivity (Wildman–Crippen MR) is 86.5 cm³/mol. The van der Waals surface area contributed by atoms with Gasteiger partial charge in [0.05, 0.1) is 24.8 Å².